The van der Waals surface area contributed by atoms with Gasteiger partial charge in [0.2, 0.25) is 0 Å². The van der Waals surface area contributed by atoms with Crippen molar-refractivity contribution in [3.05, 3.63) is 16.6 Å². The summed E-state index contributed by atoms with van der Waals surface area (Å²) in [5.74, 6) is 0. The van der Waals surface area contributed by atoms with Crippen LogP contribution in [0.25, 0.3) is 0 Å². The van der Waals surface area contributed by atoms with Crippen LogP contribution in [-0.2, 0) is 0 Å². The van der Waals surface area contributed by atoms with Gasteiger partial charge in [-0.3, -0.25) is 0 Å². The molecule has 1 unspecified atom stereocenters. The number of unbranched alkanes of at least 4 members (excludes halogenated alkanes) is 1. The molecule has 1 aromatic rings. The normalized spacial score (nSPS) is 13.1. The number of thiazole rings is 1. The lowest BCUT2D eigenvalue weighted by molar-refractivity contribution is 0.493. The average molecular weight is 198 g/mol. The van der Waals surface area contributed by atoms with Crippen LogP contribution in [0.2, 0.25) is 0 Å². The van der Waals surface area contributed by atoms with Crippen molar-refractivity contribution in [3.63, 3.8) is 0 Å². The van der Waals surface area contributed by atoms with E-state index < -0.39 is 0 Å². The fourth-order valence-corrected chi connectivity index (χ4v) is 2.12. The van der Waals surface area contributed by atoms with Crippen molar-refractivity contribution in [2.24, 2.45) is 0 Å². The van der Waals surface area contributed by atoms with Crippen molar-refractivity contribution in [1.82, 2.24) is 10.3 Å². The number of nitrogens with zero attached hydrogens (tertiary/aromatic N) is 1. The van der Waals surface area contributed by atoms with Gasteiger partial charge in [0.05, 0.1) is 6.04 Å². The number of nitrogens with one attached hydrogen (secondary N) is 1. The molecule has 1 heterocycles. The van der Waals surface area contributed by atoms with Crippen molar-refractivity contribution in [3.8, 4) is 0 Å². The van der Waals surface area contributed by atoms with Crippen LogP contribution < -0.4 is 5.32 Å². The van der Waals surface area contributed by atoms with Crippen LogP contribution in [0.5, 0.6) is 0 Å². The second kappa shape index (κ2) is 6.11. The molecule has 0 fully saturated rings. The Hall–Kier alpha value is -0.410. The topological polar surface area (TPSA) is 24.9 Å². The fourth-order valence-electron chi connectivity index (χ4n) is 1.37. The molecule has 1 aromatic heterocycles. The Balaban J connectivity index is 2.47. The standard InChI is InChI=1S/C10H18N2S/c1-3-5-6-9(11-4-2)10-12-7-8-13-10/h7-9,11H,3-6H2,1-2H3. The van der Waals surface area contributed by atoms with E-state index in [0.29, 0.717) is 6.04 Å². The summed E-state index contributed by atoms with van der Waals surface area (Å²) in [6.07, 6.45) is 5.62. The van der Waals surface area contributed by atoms with Crippen molar-refractivity contribution in [2.75, 3.05) is 6.54 Å². The van der Waals surface area contributed by atoms with Crippen molar-refractivity contribution in [2.45, 2.75) is 39.2 Å². The molecule has 0 saturated heterocycles. The maximum absolute atomic E-state index is 4.34. The highest BCUT2D eigenvalue weighted by molar-refractivity contribution is 7.09. The number of hydrogen-bond donors (Lipinski definition) is 1. The minimum Gasteiger partial charge on any atom is -0.308 e. The predicted molar refractivity (Wildman–Crippen MR) is 58.1 cm³/mol. The fraction of sp³-hybridized carbons (Fsp3) is 0.700. The minimum absolute atomic E-state index is 0.477. The maximum Gasteiger partial charge on any atom is 0.109 e. The summed E-state index contributed by atoms with van der Waals surface area (Å²) in [5.41, 5.74) is 0. The molecule has 3 heteroatoms. The quantitative estimate of drug-likeness (QED) is 0.760. The third-order valence-electron chi connectivity index (χ3n) is 2.05. The van der Waals surface area contributed by atoms with Crippen LogP contribution in [0, 0.1) is 0 Å². The number of rotatable bonds is 6. The SMILES string of the molecule is CCCCC(NCC)c1nccs1. The molecule has 74 valence electrons. The first kappa shape index (κ1) is 10.7. The lowest BCUT2D eigenvalue weighted by atomic mass is 10.1. The molecule has 1 N–H and O–H groups in total. The van der Waals surface area contributed by atoms with E-state index in [1.54, 1.807) is 11.3 Å². The van der Waals surface area contributed by atoms with E-state index >= 15 is 0 Å². The lowest BCUT2D eigenvalue weighted by Gasteiger charge is -2.14. The Labute approximate surface area is 84.4 Å². The lowest BCUT2D eigenvalue weighted by Crippen LogP contribution is -2.20. The van der Waals surface area contributed by atoms with E-state index in [9.17, 15) is 0 Å². The summed E-state index contributed by atoms with van der Waals surface area (Å²) < 4.78 is 0. The van der Waals surface area contributed by atoms with Crippen LogP contribution in [0.3, 0.4) is 0 Å². The van der Waals surface area contributed by atoms with Crippen LogP contribution in [0.1, 0.15) is 44.2 Å². The Morgan fingerprint density at radius 3 is 2.92 bits per heavy atom. The van der Waals surface area contributed by atoms with Crippen LogP contribution in [0.4, 0.5) is 0 Å². The van der Waals surface area contributed by atoms with Crippen LogP contribution in [0.15, 0.2) is 11.6 Å². The molecule has 0 saturated carbocycles. The first-order valence-corrected chi connectivity index (χ1v) is 5.89. The summed E-state index contributed by atoms with van der Waals surface area (Å²) in [5, 5.41) is 6.75. The Bertz CT molecular complexity index is 209. The number of hydrogen-bond acceptors (Lipinski definition) is 3. The van der Waals surface area contributed by atoms with Crippen molar-refractivity contribution in [1.29, 1.82) is 0 Å². The Morgan fingerprint density at radius 1 is 1.54 bits per heavy atom. The largest absolute Gasteiger partial charge is 0.308 e. The summed E-state index contributed by atoms with van der Waals surface area (Å²) in [7, 11) is 0. The summed E-state index contributed by atoms with van der Waals surface area (Å²) in [6.45, 7) is 5.39. The summed E-state index contributed by atoms with van der Waals surface area (Å²) >= 11 is 1.75. The molecular formula is C10H18N2S. The third-order valence-corrected chi connectivity index (χ3v) is 2.94. The van der Waals surface area contributed by atoms with Gasteiger partial charge in [-0.1, -0.05) is 26.7 Å². The molecule has 1 atom stereocenters. The second-order valence-electron chi connectivity index (χ2n) is 3.12. The molecular weight excluding hydrogens is 180 g/mol. The predicted octanol–water partition coefficient (Wildman–Crippen LogP) is 2.98. The van der Waals surface area contributed by atoms with E-state index in [4.69, 9.17) is 0 Å². The molecule has 1 rings (SSSR count). The molecule has 13 heavy (non-hydrogen) atoms. The molecule has 0 aliphatic heterocycles. The van der Waals surface area contributed by atoms with Gasteiger partial charge in [-0.25, -0.2) is 4.98 Å². The van der Waals surface area contributed by atoms with Crippen LogP contribution in [-0.4, -0.2) is 11.5 Å². The van der Waals surface area contributed by atoms with E-state index in [-0.39, 0.29) is 0 Å². The second-order valence-corrected chi connectivity index (χ2v) is 4.05. The molecule has 0 aromatic carbocycles. The molecule has 0 radical (unpaired) electrons. The van der Waals surface area contributed by atoms with Crippen molar-refractivity contribution >= 4 is 11.3 Å². The van der Waals surface area contributed by atoms with E-state index in [1.807, 2.05) is 11.6 Å². The van der Waals surface area contributed by atoms with Gasteiger partial charge in [-0.2, -0.15) is 0 Å². The highest BCUT2D eigenvalue weighted by Gasteiger charge is 2.11. The van der Waals surface area contributed by atoms with Gasteiger partial charge in [-0.05, 0) is 13.0 Å². The molecule has 0 aliphatic rings. The molecule has 0 aliphatic carbocycles. The van der Waals surface area contributed by atoms with Gasteiger partial charge < -0.3 is 5.32 Å². The molecule has 0 spiro atoms. The Kier molecular flexibility index (Phi) is 5.01. The summed E-state index contributed by atoms with van der Waals surface area (Å²) in [4.78, 5) is 4.34. The van der Waals surface area contributed by atoms with Gasteiger partial charge >= 0.3 is 0 Å². The van der Waals surface area contributed by atoms with E-state index in [1.165, 1.54) is 24.3 Å². The van der Waals surface area contributed by atoms with Gasteiger partial charge in [0.1, 0.15) is 5.01 Å². The molecule has 0 bridgehead atoms. The first-order chi connectivity index (χ1) is 6.38. The third kappa shape index (κ3) is 3.44. The average Bonchev–Trinajstić information content (AvgIpc) is 2.65. The van der Waals surface area contributed by atoms with Gasteiger partial charge in [0.15, 0.2) is 0 Å². The van der Waals surface area contributed by atoms with E-state index in [0.717, 1.165) is 6.54 Å². The van der Waals surface area contributed by atoms with E-state index in [2.05, 4.69) is 24.1 Å². The maximum atomic E-state index is 4.34. The summed E-state index contributed by atoms with van der Waals surface area (Å²) in [6, 6.07) is 0.477. The van der Waals surface area contributed by atoms with Gasteiger partial charge in [0, 0.05) is 11.6 Å². The highest BCUT2D eigenvalue weighted by Crippen LogP contribution is 2.20. The zero-order chi connectivity index (χ0) is 9.52. The zero-order valence-corrected chi connectivity index (χ0v) is 9.23. The number of aromatic nitrogens is 1. The highest BCUT2D eigenvalue weighted by atomic mass is 32.1. The monoisotopic (exact) mass is 198 g/mol. The van der Waals surface area contributed by atoms with Crippen LogP contribution >= 0.6 is 11.3 Å². The molecule has 0 amide bonds. The Morgan fingerprint density at radius 2 is 2.38 bits per heavy atom. The smallest absolute Gasteiger partial charge is 0.109 e. The molecule has 2 nitrogen and oxygen atoms in total. The first-order valence-electron chi connectivity index (χ1n) is 5.01. The van der Waals surface area contributed by atoms with Crippen molar-refractivity contribution < 1.29 is 0 Å². The minimum atomic E-state index is 0.477. The van der Waals surface area contributed by atoms with Gasteiger partial charge in [0.25, 0.3) is 0 Å². The van der Waals surface area contributed by atoms with Gasteiger partial charge in [-0.15, -0.1) is 11.3 Å². The zero-order valence-electron chi connectivity index (χ0n) is 8.42.